The minimum absolute atomic E-state index is 0.00909. The van der Waals surface area contributed by atoms with Crippen LogP contribution in [0.15, 0.2) is 77.7 Å². The fraction of sp³-hybridized carbons (Fsp3) is 0.394. The third-order valence-corrected chi connectivity index (χ3v) is 10.5. The van der Waals surface area contributed by atoms with E-state index in [9.17, 15) is 18.0 Å². The molecule has 2 amide bonds. The van der Waals surface area contributed by atoms with Crippen LogP contribution in [0.5, 0.6) is 0 Å². The van der Waals surface area contributed by atoms with Crippen LogP contribution in [0.2, 0.25) is 5.02 Å². The lowest BCUT2D eigenvalue weighted by atomic mass is 9.82. The van der Waals surface area contributed by atoms with Crippen LogP contribution >= 0.6 is 11.6 Å². The van der Waals surface area contributed by atoms with Crippen molar-refractivity contribution in [2.45, 2.75) is 62.6 Å². The van der Waals surface area contributed by atoms with E-state index in [1.165, 1.54) is 22.5 Å². The third kappa shape index (κ3) is 7.56. The zero-order valence-corrected chi connectivity index (χ0v) is 27.4. The highest BCUT2D eigenvalue weighted by atomic mass is 35.5. The molecule has 4 atom stereocenters. The molecule has 0 aromatic heterocycles. The number of benzene rings is 3. The summed E-state index contributed by atoms with van der Waals surface area (Å²) < 4.78 is 49.4. The van der Waals surface area contributed by atoms with E-state index in [0.717, 1.165) is 17.6 Å². The highest BCUT2D eigenvalue weighted by Gasteiger charge is 2.39. The number of carbonyl (C=O) groups excluding carboxylic acids is 2. The van der Waals surface area contributed by atoms with Gasteiger partial charge < -0.3 is 15.8 Å². The normalized spacial score (nSPS) is 18.8. The molecule has 0 bridgehead atoms. The van der Waals surface area contributed by atoms with E-state index in [1.807, 2.05) is 26.8 Å². The lowest BCUT2D eigenvalue weighted by molar-refractivity contribution is -0.120. The highest BCUT2D eigenvalue weighted by molar-refractivity contribution is 7.89. The zero-order chi connectivity index (χ0) is 32.9. The molecule has 9 nitrogen and oxygen atoms in total. The molecular formula is C33H40ClFN4O5S. The van der Waals surface area contributed by atoms with Crippen molar-refractivity contribution in [1.82, 2.24) is 9.62 Å². The summed E-state index contributed by atoms with van der Waals surface area (Å²) in [4.78, 5) is 28.2. The number of anilines is 1. The number of nitrogens with two attached hydrogens (primary N) is 1. The Bertz CT molecular complexity index is 1610. The fourth-order valence-electron chi connectivity index (χ4n) is 6.11. The number of nitrogens with zero attached hydrogens (tertiary/aromatic N) is 2. The van der Waals surface area contributed by atoms with Crippen molar-refractivity contribution in [1.29, 1.82) is 0 Å². The van der Waals surface area contributed by atoms with Gasteiger partial charge in [0.15, 0.2) is 0 Å². The lowest BCUT2D eigenvalue weighted by Gasteiger charge is -2.40. The number of nitrogens with one attached hydrogen (secondary N) is 1. The zero-order valence-electron chi connectivity index (χ0n) is 25.8. The van der Waals surface area contributed by atoms with Gasteiger partial charge >= 0.3 is 6.09 Å². The number of rotatable bonds is 10. The Morgan fingerprint density at radius 3 is 2.42 bits per heavy atom. The van der Waals surface area contributed by atoms with Gasteiger partial charge in [0.2, 0.25) is 10.0 Å². The maximum absolute atomic E-state index is 15.6. The monoisotopic (exact) mass is 658 g/mol. The smallest absolute Gasteiger partial charge is 0.420 e. The largest absolute Gasteiger partial charge is 0.452 e. The Kier molecular flexibility index (Phi) is 11.4. The summed E-state index contributed by atoms with van der Waals surface area (Å²) in [5.74, 6) is -2.06. The number of hydrogen-bond acceptors (Lipinski definition) is 7. The van der Waals surface area contributed by atoms with E-state index in [4.69, 9.17) is 22.1 Å². The van der Waals surface area contributed by atoms with Gasteiger partial charge in [-0.3, -0.25) is 4.79 Å². The molecule has 3 aromatic rings. The lowest BCUT2D eigenvalue weighted by Crippen LogP contribution is -2.58. The molecule has 1 aliphatic heterocycles. The Hall–Kier alpha value is -3.35. The predicted molar refractivity (Wildman–Crippen MR) is 173 cm³/mol. The van der Waals surface area contributed by atoms with Crippen LogP contribution in [-0.4, -0.2) is 63.0 Å². The summed E-state index contributed by atoms with van der Waals surface area (Å²) in [6, 6.07) is 17.2. The first-order valence-corrected chi connectivity index (χ1v) is 16.7. The molecule has 0 spiro atoms. The number of halogens is 2. The van der Waals surface area contributed by atoms with Crippen molar-refractivity contribution in [3.05, 3.63) is 94.8 Å². The van der Waals surface area contributed by atoms with E-state index < -0.39 is 45.8 Å². The van der Waals surface area contributed by atoms with Gasteiger partial charge in [-0.1, -0.05) is 61.8 Å². The molecule has 12 heteroatoms. The van der Waals surface area contributed by atoms with Crippen LogP contribution < -0.4 is 16.0 Å². The van der Waals surface area contributed by atoms with Crippen molar-refractivity contribution in [2.24, 2.45) is 11.7 Å². The molecule has 242 valence electrons. The second kappa shape index (κ2) is 14.8. The van der Waals surface area contributed by atoms with Crippen LogP contribution in [0.25, 0.3) is 0 Å². The average Bonchev–Trinajstić information content (AvgIpc) is 3.01. The molecule has 0 radical (unpaired) electrons. The molecule has 0 aliphatic carbocycles. The average molecular weight is 659 g/mol. The molecule has 1 saturated heterocycles. The van der Waals surface area contributed by atoms with Gasteiger partial charge in [0.1, 0.15) is 5.82 Å². The van der Waals surface area contributed by atoms with Crippen LogP contribution in [0.1, 0.15) is 44.2 Å². The summed E-state index contributed by atoms with van der Waals surface area (Å²) >= 11 is 6.23. The van der Waals surface area contributed by atoms with Gasteiger partial charge in [-0.2, -0.15) is 4.31 Å². The molecule has 1 heterocycles. The van der Waals surface area contributed by atoms with Crippen molar-refractivity contribution >= 4 is 39.3 Å². The number of imide groups is 1. The number of piperazine rings is 1. The maximum Gasteiger partial charge on any atom is 0.420 e. The topological polar surface area (TPSA) is 122 Å². The summed E-state index contributed by atoms with van der Waals surface area (Å²) in [7, 11) is -2.73. The molecule has 4 rings (SSSR count). The van der Waals surface area contributed by atoms with Crippen LogP contribution in [0.4, 0.5) is 14.9 Å². The number of hydrogen-bond donors (Lipinski definition) is 2. The van der Waals surface area contributed by atoms with Gasteiger partial charge in [-0.25, -0.2) is 22.5 Å². The summed E-state index contributed by atoms with van der Waals surface area (Å²) in [5.41, 5.74) is 7.36. The Morgan fingerprint density at radius 2 is 1.78 bits per heavy atom. The number of amides is 2. The molecule has 0 unspecified atom stereocenters. The van der Waals surface area contributed by atoms with E-state index in [2.05, 4.69) is 5.32 Å². The number of carbonyl (C=O) groups is 2. The fourth-order valence-corrected chi connectivity index (χ4v) is 8.18. The molecule has 3 N–H and O–H groups in total. The minimum atomic E-state index is -3.86. The summed E-state index contributed by atoms with van der Waals surface area (Å²) in [5, 5.41) is 3.74. The maximum atomic E-state index is 15.6. The van der Waals surface area contributed by atoms with Crippen molar-refractivity contribution in [3.63, 3.8) is 0 Å². The van der Waals surface area contributed by atoms with E-state index in [0.29, 0.717) is 18.1 Å². The van der Waals surface area contributed by atoms with Gasteiger partial charge in [-0.15, -0.1) is 0 Å². The number of ether oxygens (including phenoxy) is 1. The summed E-state index contributed by atoms with van der Waals surface area (Å²) in [6.45, 7) is 6.44. The van der Waals surface area contributed by atoms with Crippen molar-refractivity contribution in [3.8, 4) is 0 Å². The van der Waals surface area contributed by atoms with Crippen LogP contribution in [-0.2, 0) is 26.0 Å². The summed E-state index contributed by atoms with van der Waals surface area (Å²) in [6.07, 6.45) is -0.777. The molecule has 1 fully saturated rings. The van der Waals surface area contributed by atoms with E-state index in [-0.39, 0.29) is 40.9 Å². The first-order valence-electron chi connectivity index (χ1n) is 14.9. The minimum Gasteiger partial charge on any atom is -0.452 e. The predicted octanol–water partition coefficient (Wildman–Crippen LogP) is 5.33. The van der Waals surface area contributed by atoms with E-state index in [1.54, 1.807) is 48.5 Å². The van der Waals surface area contributed by atoms with Crippen LogP contribution in [0, 0.1) is 11.7 Å². The number of methoxy groups -OCH3 is 1. The van der Waals surface area contributed by atoms with Gasteiger partial charge in [0.05, 0.1) is 23.7 Å². The quantitative estimate of drug-likeness (QED) is 0.302. The SMILES string of the molecule is COC(=O)N(C(=O)[C@@H](N)[C@@H](c1cccc(Cl)c1)C(C)C)c1cccc(F)c1CC[C@H]1CNC[C@H](C)N1S(=O)(=O)c1ccccc1. The Morgan fingerprint density at radius 1 is 1.09 bits per heavy atom. The third-order valence-electron chi connectivity index (χ3n) is 8.20. The highest BCUT2D eigenvalue weighted by Crippen LogP contribution is 2.33. The van der Waals surface area contributed by atoms with Gasteiger partial charge in [-0.05, 0) is 67.6 Å². The second-order valence-electron chi connectivity index (χ2n) is 11.6. The van der Waals surface area contributed by atoms with E-state index >= 15 is 4.39 Å². The molecule has 45 heavy (non-hydrogen) atoms. The molecular weight excluding hydrogens is 619 g/mol. The second-order valence-corrected chi connectivity index (χ2v) is 13.9. The van der Waals surface area contributed by atoms with Crippen molar-refractivity contribution in [2.75, 3.05) is 25.1 Å². The first-order chi connectivity index (χ1) is 21.4. The first kappa shape index (κ1) is 34.5. The van der Waals surface area contributed by atoms with Gasteiger partial charge in [0, 0.05) is 41.7 Å². The van der Waals surface area contributed by atoms with Crippen molar-refractivity contribution < 1.29 is 27.1 Å². The molecule has 1 aliphatic rings. The van der Waals surface area contributed by atoms with Crippen LogP contribution in [0.3, 0.4) is 0 Å². The Balaban J connectivity index is 1.68. The molecule has 3 aromatic carbocycles. The Labute approximate surface area is 269 Å². The number of sulfonamides is 1. The molecule has 0 saturated carbocycles. The van der Waals surface area contributed by atoms with Gasteiger partial charge in [0.25, 0.3) is 5.91 Å². The standard InChI is InChI=1S/C33H40ClFN4O5S/c1-21(2)30(23-10-8-11-24(34)18-23)31(36)32(40)38(33(41)44-4)29-15-9-14-28(35)27(29)17-16-25-20-37-19-22(3)39(25)45(42,43)26-12-6-5-7-13-26/h5-15,18,21-22,25,30-31,37H,16-17,19-20,36H2,1-4H3/t22-,25-,30+,31-/m0/s1.